The molecular formula is C13H18N4O3S. The lowest BCUT2D eigenvalue weighted by molar-refractivity contribution is 0.281. The zero-order chi connectivity index (χ0) is 15.5. The molecule has 0 unspecified atom stereocenters. The van der Waals surface area contributed by atoms with Crippen molar-refractivity contribution in [2.45, 2.75) is 31.8 Å². The second kappa shape index (κ2) is 6.33. The van der Waals surface area contributed by atoms with Gasteiger partial charge in [-0.3, -0.25) is 5.10 Å². The number of aliphatic hydroxyl groups is 1. The fourth-order valence-corrected chi connectivity index (χ4v) is 3.40. The molecule has 7 nitrogen and oxygen atoms in total. The van der Waals surface area contributed by atoms with Crippen LogP contribution in [0.3, 0.4) is 0 Å². The van der Waals surface area contributed by atoms with E-state index in [1.807, 2.05) is 6.92 Å². The number of aliphatic hydroxyl groups excluding tert-OH is 1. The molecule has 0 amide bonds. The van der Waals surface area contributed by atoms with E-state index in [0.29, 0.717) is 23.4 Å². The van der Waals surface area contributed by atoms with Crippen LogP contribution in [-0.4, -0.2) is 35.3 Å². The van der Waals surface area contributed by atoms with Gasteiger partial charge in [-0.25, -0.2) is 18.1 Å². The standard InChI is InChI=1S/C13H18N4O3S/c1-9-5-11(7-18)6-12(10(9)2)21(19,20)16-4-3-13-14-8-15-17-13/h5-6,8,16,18H,3-4,7H2,1-2H3,(H,14,15,17). The van der Waals surface area contributed by atoms with Crippen molar-refractivity contribution in [3.05, 3.63) is 41.0 Å². The first-order valence-corrected chi connectivity index (χ1v) is 7.97. The van der Waals surface area contributed by atoms with E-state index in [-0.39, 0.29) is 18.0 Å². The van der Waals surface area contributed by atoms with Gasteiger partial charge in [0.15, 0.2) is 0 Å². The van der Waals surface area contributed by atoms with Gasteiger partial charge in [0.05, 0.1) is 11.5 Å². The molecule has 0 saturated carbocycles. The van der Waals surface area contributed by atoms with Crippen molar-refractivity contribution in [3.8, 4) is 0 Å². The molecule has 3 N–H and O–H groups in total. The lowest BCUT2D eigenvalue weighted by Crippen LogP contribution is -2.27. The van der Waals surface area contributed by atoms with E-state index in [1.165, 1.54) is 12.4 Å². The largest absolute Gasteiger partial charge is 0.392 e. The molecule has 0 saturated heterocycles. The topological polar surface area (TPSA) is 108 Å². The zero-order valence-corrected chi connectivity index (χ0v) is 12.7. The molecule has 0 atom stereocenters. The van der Waals surface area contributed by atoms with Crippen LogP contribution >= 0.6 is 0 Å². The van der Waals surface area contributed by atoms with Gasteiger partial charge in [-0.05, 0) is 36.6 Å². The Kier molecular flexibility index (Phi) is 4.71. The minimum absolute atomic E-state index is 0.193. The molecule has 1 aromatic heterocycles. The normalized spacial score (nSPS) is 11.8. The average Bonchev–Trinajstić information content (AvgIpc) is 2.94. The Balaban J connectivity index is 2.17. The summed E-state index contributed by atoms with van der Waals surface area (Å²) in [5.74, 6) is 0.620. The van der Waals surface area contributed by atoms with Crippen molar-refractivity contribution in [2.75, 3.05) is 6.54 Å². The second-order valence-corrected chi connectivity index (χ2v) is 6.51. The molecule has 114 valence electrons. The van der Waals surface area contributed by atoms with E-state index in [4.69, 9.17) is 0 Å². The summed E-state index contributed by atoms with van der Waals surface area (Å²) in [6.45, 7) is 3.60. The highest BCUT2D eigenvalue weighted by molar-refractivity contribution is 7.89. The van der Waals surface area contributed by atoms with Crippen LogP contribution in [0.1, 0.15) is 22.5 Å². The summed E-state index contributed by atoms with van der Waals surface area (Å²) in [7, 11) is -3.62. The first kappa shape index (κ1) is 15.6. The maximum Gasteiger partial charge on any atom is 0.240 e. The summed E-state index contributed by atoms with van der Waals surface area (Å²) >= 11 is 0. The van der Waals surface area contributed by atoms with Gasteiger partial charge < -0.3 is 5.11 Å². The number of H-pyrrole nitrogens is 1. The highest BCUT2D eigenvalue weighted by atomic mass is 32.2. The molecule has 0 spiro atoms. The molecule has 8 heteroatoms. The molecule has 1 heterocycles. The van der Waals surface area contributed by atoms with Crippen LogP contribution in [-0.2, 0) is 23.1 Å². The molecule has 2 aromatic rings. The predicted octanol–water partition coefficient (Wildman–Crippen LogP) is 0.435. The average molecular weight is 310 g/mol. The third-order valence-corrected chi connectivity index (χ3v) is 4.86. The highest BCUT2D eigenvalue weighted by Gasteiger charge is 2.18. The number of nitrogens with one attached hydrogen (secondary N) is 2. The highest BCUT2D eigenvalue weighted by Crippen LogP contribution is 2.21. The molecule has 0 fully saturated rings. The van der Waals surface area contributed by atoms with E-state index in [9.17, 15) is 13.5 Å². The summed E-state index contributed by atoms with van der Waals surface area (Å²) in [4.78, 5) is 4.13. The smallest absolute Gasteiger partial charge is 0.240 e. The van der Waals surface area contributed by atoms with Crippen LogP contribution in [0.15, 0.2) is 23.4 Å². The van der Waals surface area contributed by atoms with Gasteiger partial charge in [0, 0.05) is 13.0 Å². The van der Waals surface area contributed by atoms with Crippen LogP contribution in [0.25, 0.3) is 0 Å². The van der Waals surface area contributed by atoms with Gasteiger partial charge in [0.2, 0.25) is 10.0 Å². The van der Waals surface area contributed by atoms with Crippen LogP contribution in [0, 0.1) is 13.8 Å². The number of benzene rings is 1. The Morgan fingerprint density at radius 3 is 2.71 bits per heavy atom. The molecule has 0 aliphatic heterocycles. The third kappa shape index (κ3) is 3.66. The quantitative estimate of drug-likeness (QED) is 0.717. The van der Waals surface area contributed by atoms with E-state index in [1.54, 1.807) is 13.0 Å². The Hall–Kier alpha value is -1.77. The number of hydrogen-bond donors (Lipinski definition) is 3. The Morgan fingerprint density at radius 1 is 1.33 bits per heavy atom. The molecule has 0 radical (unpaired) electrons. The van der Waals surface area contributed by atoms with Gasteiger partial charge in [-0.15, -0.1) is 0 Å². The van der Waals surface area contributed by atoms with E-state index < -0.39 is 10.0 Å². The summed E-state index contributed by atoms with van der Waals surface area (Å²) < 4.78 is 27.3. The summed E-state index contributed by atoms with van der Waals surface area (Å²) in [6.07, 6.45) is 1.80. The molecule has 0 bridgehead atoms. The number of rotatable bonds is 6. The summed E-state index contributed by atoms with van der Waals surface area (Å²) in [5.41, 5.74) is 2.09. The van der Waals surface area contributed by atoms with E-state index in [0.717, 1.165) is 5.56 Å². The Morgan fingerprint density at radius 2 is 2.10 bits per heavy atom. The number of aromatic amines is 1. The van der Waals surface area contributed by atoms with Crippen LogP contribution in [0.2, 0.25) is 0 Å². The lowest BCUT2D eigenvalue weighted by Gasteiger charge is -2.12. The van der Waals surface area contributed by atoms with Gasteiger partial charge in [-0.2, -0.15) is 5.10 Å². The molecule has 1 aromatic carbocycles. The van der Waals surface area contributed by atoms with Gasteiger partial charge in [0.25, 0.3) is 0 Å². The summed E-state index contributed by atoms with van der Waals surface area (Å²) in [5, 5.41) is 15.6. The molecule has 0 aliphatic carbocycles. The predicted molar refractivity (Wildman–Crippen MR) is 77.1 cm³/mol. The molecule has 2 rings (SSSR count). The van der Waals surface area contributed by atoms with Crippen LogP contribution < -0.4 is 4.72 Å². The number of hydrogen-bond acceptors (Lipinski definition) is 5. The molecular weight excluding hydrogens is 292 g/mol. The summed E-state index contributed by atoms with van der Waals surface area (Å²) in [6, 6.07) is 3.28. The molecule has 0 aliphatic rings. The first-order chi connectivity index (χ1) is 9.94. The van der Waals surface area contributed by atoms with Gasteiger partial charge in [-0.1, -0.05) is 6.07 Å². The Bertz CT molecular complexity index is 711. The second-order valence-electron chi connectivity index (χ2n) is 4.77. The van der Waals surface area contributed by atoms with Crippen molar-refractivity contribution < 1.29 is 13.5 Å². The Labute approximate surface area is 123 Å². The fraction of sp³-hybridized carbons (Fsp3) is 0.385. The minimum atomic E-state index is -3.62. The van der Waals surface area contributed by atoms with E-state index in [2.05, 4.69) is 19.9 Å². The fourth-order valence-electron chi connectivity index (χ4n) is 2.00. The molecule has 21 heavy (non-hydrogen) atoms. The lowest BCUT2D eigenvalue weighted by atomic mass is 10.1. The zero-order valence-electron chi connectivity index (χ0n) is 11.9. The third-order valence-electron chi connectivity index (χ3n) is 3.27. The first-order valence-electron chi connectivity index (χ1n) is 6.49. The van der Waals surface area contributed by atoms with Crippen molar-refractivity contribution in [2.24, 2.45) is 0 Å². The van der Waals surface area contributed by atoms with Crippen molar-refractivity contribution in [1.82, 2.24) is 19.9 Å². The monoisotopic (exact) mass is 310 g/mol. The van der Waals surface area contributed by atoms with Crippen molar-refractivity contribution >= 4 is 10.0 Å². The van der Waals surface area contributed by atoms with Crippen molar-refractivity contribution in [3.63, 3.8) is 0 Å². The SMILES string of the molecule is Cc1cc(CO)cc(S(=O)(=O)NCCc2ncn[nH]2)c1C. The van der Waals surface area contributed by atoms with Crippen molar-refractivity contribution in [1.29, 1.82) is 0 Å². The van der Waals surface area contributed by atoms with Gasteiger partial charge in [0.1, 0.15) is 12.2 Å². The van der Waals surface area contributed by atoms with Crippen LogP contribution in [0.5, 0.6) is 0 Å². The van der Waals surface area contributed by atoms with Gasteiger partial charge >= 0.3 is 0 Å². The number of nitrogens with zero attached hydrogens (tertiary/aromatic N) is 2. The maximum absolute atomic E-state index is 12.4. The number of aryl methyl sites for hydroxylation is 1. The minimum Gasteiger partial charge on any atom is -0.392 e. The van der Waals surface area contributed by atoms with Crippen LogP contribution in [0.4, 0.5) is 0 Å². The number of sulfonamides is 1. The van der Waals surface area contributed by atoms with E-state index >= 15 is 0 Å². The maximum atomic E-state index is 12.4. The number of aromatic nitrogens is 3.